The molecular weight excluding hydrogens is 358 g/mol. The molecule has 6 heteroatoms. The van der Waals surface area contributed by atoms with Crippen molar-refractivity contribution < 1.29 is 31.1 Å². The number of carbonyl (C=O) groups excluding carboxylic acids is 2. The van der Waals surface area contributed by atoms with Crippen LogP contribution in [0.25, 0.3) is 0 Å². The maximum atomic E-state index is 12.2. The van der Waals surface area contributed by atoms with Crippen molar-refractivity contribution in [2.45, 2.75) is 13.0 Å². The molecule has 1 aliphatic heterocycles. The van der Waals surface area contributed by atoms with Crippen molar-refractivity contribution in [3.8, 4) is 0 Å². The quantitative estimate of drug-likeness (QED) is 0.522. The van der Waals surface area contributed by atoms with E-state index in [1.165, 1.54) is 4.90 Å². The molecule has 1 N–H and O–H groups in total. The number of pyridine rings is 1. The van der Waals surface area contributed by atoms with Crippen molar-refractivity contribution in [3.63, 3.8) is 0 Å². The van der Waals surface area contributed by atoms with Crippen LogP contribution in [0.15, 0.2) is 48.8 Å². The van der Waals surface area contributed by atoms with E-state index in [9.17, 15) is 9.59 Å². The first-order chi connectivity index (χ1) is 10.7. The molecule has 0 unspecified atom stereocenters. The number of halogens is 1. The van der Waals surface area contributed by atoms with Gasteiger partial charge in [0.1, 0.15) is 6.54 Å². The molecule has 120 valence electrons. The van der Waals surface area contributed by atoms with Crippen LogP contribution in [0.3, 0.4) is 0 Å². The Kier molecular flexibility index (Phi) is 5.50. The van der Waals surface area contributed by atoms with Gasteiger partial charge in [-0.05, 0) is 12.1 Å². The summed E-state index contributed by atoms with van der Waals surface area (Å²) < 4.78 is 2.04. The summed E-state index contributed by atoms with van der Waals surface area (Å²) in [5, 5.41) is 3.07. The number of nitrogens with one attached hydrogen (secondary N) is 1. The van der Waals surface area contributed by atoms with E-state index >= 15 is 0 Å². The fourth-order valence-electron chi connectivity index (χ4n) is 2.63. The Morgan fingerprint density at radius 3 is 2.09 bits per heavy atom. The molecule has 5 nitrogen and oxygen atoms in total. The SMILES string of the molecule is CNc1cc[n+](CCCN2C(=O)c3ccccc3C2=O)cc1.[Br-]. The van der Waals surface area contributed by atoms with Gasteiger partial charge in [-0.15, -0.1) is 0 Å². The topological polar surface area (TPSA) is 53.3 Å². The van der Waals surface area contributed by atoms with Crippen LogP contribution in [-0.4, -0.2) is 30.3 Å². The minimum absolute atomic E-state index is 0. The number of nitrogens with zero attached hydrogens (tertiary/aromatic N) is 2. The number of benzene rings is 1. The zero-order chi connectivity index (χ0) is 15.5. The predicted molar refractivity (Wildman–Crippen MR) is 82.6 cm³/mol. The minimum atomic E-state index is -0.184. The third kappa shape index (κ3) is 3.42. The molecule has 0 saturated carbocycles. The molecule has 1 aromatic heterocycles. The molecule has 0 atom stereocenters. The molecule has 3 rings (SSSR count). The first-order valence-electron chi connectivity index (χ1n) is 7.33. The van der Waals surface area contributed by atoms with Crippen LogP contribution >= 0.6 is 0 Å². The third-order valence-corrected chi connectivity index (χ3v) is 3.86. The van der Waals surface area contributed by atoms with Gasteiger partial charge < -0.3 is 22.3 Å². The molecule has 0 aliphatic carbocycles. The van der Waals surface area contributed by atoms with Crippen molar-refractivity contribution in [3.05, 3.63) is 59.9 Å². The second kappa shape index (κ2) is 7.37. The van der Waals surface area contributed by atoms with Crippen molar-refractivity contribution in [2.24, 2.45) is 0 Å². The van der Waals surface area contributed by atoms with E-state index in [-0.39, 0.29) is 28.8 Å². The molecule has 2 heterocycles. The van der Waals surface area contributed by atoms with E-state index < -0.39 is 0 Å². The van der Waals surface area contributed by atoms with Gasteiger partial charge in [0.05, 0.1) is 11.1 Å². The summed E-state index contributed by atoms with van der Waals surface area (Å²) in [6, 6.07) is 11.0. The van der Waals surface area contributed by atoms with Crippen LogP contribution in [0.5, 0.6) is 0 Å². The molecule has 0 saturated heterocycles. The monoisotopic (exact) mass is 375 g/mol. The predicted octanol–water partition coefficient (Wildman–Crippen LogP) is -1.29. The summed E-state index contributed by atoms with van der Waals surface area (Å²) in [5.41, 5.74) is 2.08. The average Bonchev–Trinajstić information content (AvgIpc) is 2.81. The summed E-state index contributed by atoms with van der Waals surface area (Å²) in [7, 11) is 1.88. The number of hydrogen-bond acceptors (Lipinski definition) is 3. The van der Waals surface area contributed by atoms with E-state index in [4.69, 9.17) is 0 Å². The lowest BCUT2D eigenvalue weighted by atomic mass is 10.1. The van der Waals surface area contributed by atoms with Crippen molar-refractivity contribution in [1.82, 2.24) is 4.90 Å². The lowest BCUT2D eigenvalue weighted by molar-refractivity contribution is -0.697. The second-order valence-electron chi connectivity index (χ2n) is 5.24. The average molecular weight is 376 g/mol. The van der Waals surface area contributed by atoms with Crippen molar-refractivity contribution in [1.29, 1.82) is 0 Å². The van der Waals surface area contributed by atoms with Crippen LogP contribution in [0, 0.1) is 0 Å². The molecule has 23 heavy (non-hydrogen) atoms. The van der Waals surface area contributed by atoms with E-state index in [0.29, 0.717) is 17.7 Å². The highest BCUT2D eigenvalue weighted by Gasteiger charge is 2.34. The Morgan fingerprint density at radius 1 is 1.00 bits per heavy atom. The number of fused-ring (bicyclic) bond motifs is 1. The molecule has 0 bridgehead atoms. The molecule has 1 aliphatic rings. The van der Waals surface area contributed by atoms with Gasteiger partial charge in [0, 0.05) is 37.8 Å². The zero-order valence-electron chi connectivity index (χ0n) is 12.8. The number of aromatic nitrogens is 1. The van der Waals surface area contributed by atoms with Gasteiger partial charge in [-0.2, -0.15) is 0 Å². The lowest BCUT2D eigenvalue weighted by Gasteiger charge is -2.12. The Bertz CT molecular complexity index is 681. The van der Waals surface area contributed by atoms with Crippen molar-refractivity contribution in [2.75, 3.05) is 18.9 Å². The van der Waals surface area contributed by atoms with E-state index in [1.807, 2.05) is 36.1 Å². The highest BCUT2D eigenvalue weighted by Crippen LogP contribution is 2.22. The summed E-state index contributed by atoms with van der Waals surface area (Å²) in [6.45, 7) is 1.20. The number of imide groups is 1. The van der Waals surface area contributed by atoms with Crippen LogP contribution < -0.4 is 26.9 Å². The van der Waals surface area contributed by atoms with E-state index in [2.05, 4.69) is 5.32 Å². The third-order valence-electron chi connectivity index (χ3n) is 3.86. The number of amides is 2. The highest BCUT2D eigenvalue weighted by molar-refractivity contribution is 6.21. The van der Waals surface area contributed by atoms with Crippen LogP contribution in [-0.2, 0) is 6.54 Å². The fourth-order valence-corrected chi connectivity index (χ4v) is 2.63. The molecule has 2 aromatic rings. The highest BCUT2D eigenvalue weighted by atomic mass is 79.9. The number of anilines is 1. The summed E-state index contributed by atoms with van der Waals surface area (Å²) in [6.07, 6.45) is 4.69. The van der Waals surface area contributed by atoms with Crippen molar-refractivity contribution >= 4 is 17.5 Å². The summed E-state index contributed by atoms with van der Waals surface area (Å²) in [4.78, 5) is 25.8. The van der Waals surface area contributed by atoms with Gasteiger partial charge in [0.15, 0.2) is 12.4 Å². The molecule has 0 spiro atoms. The zero-order valence-corrected chi connectivity index (χ0v) is 14.4. The van der Waals surface area contributed by atoms with Gasteiger partial charge >= 0.3 is 0 Å². The first-order valence-corrected chi connectivity index (χ1v) is 7.33. The number of aryl methyl sites for hydroxylation is 1. The van der Waals surface area contributed by atoms with Gasteiger partial charge in [-0.1, -0.05) is 12.1 Å². The van der Waals surface area contributed by atoms with Gasteiger partial charge in [-0.25, -0.2) is 4.57 Å². The largest absolute Gasteiger partial charge is 1.00 e. The minimum Gasteiger partial charge on any atom is -1.00 e. The molecule has 2 amide bonds. The van der Waals surface area contributed by atoms with Gasteiger partial charge in [0.25, 0.3) is 11.8 Å². The number of hydrogen-bond donors (Lipinski definition) is 1. The van der Waals surface area contributed by atoms with E-state index in [1.54, 1.807) is 24.3 Å². The number of rotatable bonds is 5. The Morgan fingerprint density at radius 2 is 1.57 bits per heavy atom. The number of carbonyl (C=O) groups is 2. The van der Waals surface area contributed by atoms with Gasteiger partial charge in [0.2, 0.25) is 0 Å². The standard InChI is InChI=1S/C17H17N3O2.BrH/c1-18-13-7-11-19(12-8-13)9-4-10-20-16(21)14-5-2-3-6-15(14)17(20)22;/h2-3,5-8,11-12H,4,9-10H2,1H3;1H. The smallest absolute Gasteiger partial charge is 0.261 e. The molecule has 0 fully saturated rings. The van der Waals surface area contributed by atoms with E-state index in [0.717, 1.165) is 18.7 Å². The maximum absolute atomic E-state index is 12.2. The van der Waals surface area contributed by atoms with Crippen LogP contribution in [0.1, 0.15) is 27.1 Å². The Labute approximate surface area is 145 Å². The second-order valence-corrected chi connectivity index (χ2v) is 5.24. The van der Waals surface area contributed by atoms with Crippen LogP contribution in [0.4, 0.5) is 5.69 Å². The summed E-state index contributed by atoms with van der Waals surface area (Å²) in [5.74, 6) is -0.368. The molecule has 0 radical (unpaired) electrons. The Hall–Kier alpha value is -2.21. The normalized spacial score (nSPS) is 12.8. The lowest BCUT2D eigenvalue weighted by Crippen LogP contribution is -3.00. The summed E-state index contributed by atoms with van der Waals surface area (Å²) >= 11 is 0. The van der Waals surface area contributed by atoms with Crippen LogP contribution in [0.2, 0.25) is 0 Å². The van der Waals surface area contributed by atoms with Gasteiger partial charge in [-0.3, -0.25) is 14.5 Å². The molecular formula is C17H18BrN3O2. The molecule has 1 aromatic carbocycles. The fraction of sp³-hybridized carbons (Fsp3) is 0.235. The first kappa shape index (κ1) is 17.1. The maximum Gasteiger partial charge on any atom is 0.261 e. The Balaban J connectivity index is 0.00000192.